The number of nitrogens with zero attached hydrogens (tertiary/aromatic N) is 1. The molecule has 0 aliphatic carbocycles. The molecule has 5 nitrogen and oxygen atoms in total. The van der Waals surface area contributed by atoms with Crippen LogP contribution >= 0.6 is 0 Å². The molecule has 2 unspecified atom stereocenters. The molecule has 2 atom stereocenters. The van der Waals surface area contributed by atoms with Gasteiger partial charge in [0.1, 0.15) is 0 Å². The number of nitrogens with two attached hydrogens (primary N) is 1. The lowest BCUT2D eigenvalue weighted by Gasteiger charge is -2.20. The number of nitro groups is 1. The van der Waals surface area contributed by atoms with E-state index >= 15 is 0 Å². The SMILES string of the molecule is CCC(CC(CN)CO)c1ccc([N+](=O)[O-])cc1. The van der Waals surface area contributed by atoms with Crippen molar-refractivity contribution >= 4 is 5.69 Å². The van der Waals surface area contributed by atoms with E-state index < -0.39 is 4.92 Å². The fourth-order valence-electron chi connectivity index (χ4n) is 2.05. The molecule has 0 radical (unpaired) electrons. The summed E-state index contributed by atoms with van der Waals surface area (Å²) >= 11 is 0. The summed E-state index contributed by atoms with van der Waals surface area (Å²) in [4.78, 5) is 10.2. The molecule has 0 saturated carbocycles. The molecule has 0 heterocycles. The van der Waals surface area contributed by atoms with Crippen LogP contribution in [0.5, 0.6) is 0 Å². The van der Waals surface area contributed by atoms with Crippen molar-refractivity contribution in [3.8, 4) is 0 Å². The average molecular weight is 252 g/mol. The molecule has 100 valence electrons. The van der Waals surface area contributed by atoms with E-state index in [2.05, 4.69) is 6.92 Å². The van der Waals surface area contributed by atoms with E-state index in [1.165, 1.54) is 12.1 Å². The number of rotatable bonds is 7. The lowest BCUT2D eigenvalue weighted by molar-refractivity contribution is -0.384. The van der Waals surface area contributed by atoms with Crippen LogP contribution < -0.4 is 5.73 Å². The summed E-state index contributed by atoms with van der Waals surface area (Å²) in [5.41, 5.74) is 6.75. The minimum atomic E-state index is -0.402. The minimum Gasteiger partial charge on any atom is -0.396 e. The van der Waals surface area contributed by atoms with Crippen molar-refractivity contribution in [2.24, 2.45) is 11.7 Å². The van der Waals surface area contributed by atoms with Gasteiger partial charge in [-0.3, -0.25) is 10.1 Å². The number of aliphatic hydroxyl groups is 1. The molecule has 18 heavy (non-hydrogen) atoms. The number of aliphatic hydroxyl groups excluding tert-OH is 1. The standard InChI is InChI=1S/C13H20N2O3/c1-2-11(7-10(8-14)9-16)12-3-5-13(6-4-12)15(17)18/h3-6,10-11,16H,2,7-9,14H2,1H3. The highest BCUT2D eigenvalue weighted by Gasteiger charge is 2.16. The second-order valence-corrected chi connectivity index (χ2v) is 4.47. The van der Waals surface area contributed by atoms with Crippen molar-refractivity contribution in [2.45, 2.75) is 25.7 Å². The Morgan fingerprint density at radius 1 is 1.39 bits per heavy atom. The Hall–Kier alpha value is -1.46. The second kappa shape index (κ2) is 7.08. The first-order valence-corrected chi connectivity index (χ1v) is 6.17. The normalized spacial score (nSPS) is 14.2. The van der Waals surface area contributed by atoms with Crippen molar-refractivity contribution in [2.75, 3.05) is 13.2 Å². The zero-order chi connectivity index (χ0) is 13.5. The minimum absolute atomic E-state index is 0.0833. The maximum absolute atomic E-state index is 10.6. The molecule has 0 bridgehead atoms. The quantitative estimate of drug-likeness (QED) is 0.574. The Labute approximate surface area is 107 Å². The maximum Gasteiger partial charge on any atom is 0.269 e. The monoisotopic (exact) mass is 252 g/mol. The summed E-state index contributed by atoms with van der Waals surface area (Å²) in [6.45, 7) is 2.61. The molecule has 0 aliphatic heterocycles. The molecule has 3 N–H and O–H groups in total. The van der Waals surface area contributed by atoms with Crippen LogP contribution in [0.2, 0.25) is 0 Å². The molecule has 1 aromatic rings. The Balaban J connectivity index is 2.78. The smallest absolute Gasteiger partial charge is 0.269 e. The predicted molar refractivity (Wildman–Crippen MR) is 70.4 cm³/mol. The Kier molecular flexibility index (Phi) is 5.74. The summed E-state index contributed by atoms with van der Waals surface area (Å²) < 4.78 is 0. The molecular formula is C13H20N2O3. The van der Waals surface area contributed by atoms with Gasteiger partial charge in [0.2, 0.25) is 0 Å². The van der Waals surface area contributed by atoms with Crippen LogP contribution in [0.15, 0.2) is 24.3 Å². The first-order valence-electron chi connectivity index (χ1n) is 6.17. The number of hydrogen-bond acceptors (Lipinski definition) is 4. The van der Waals surface area contributed by atoms with Crippen LogP contribution in [0, 0.1) is 16.0 Å². The van der Waals surface area contributed by atoms with Gasteiger partial charge in [-0.2, -0.15) is 0 Å². The van der Waals surface area contributed by atoms with Gasteiger partial charge in [0, 0.05) is 18.7 Å². The fraction of sp³-hybridized carbons (Fsp3) is 0.538. The Bertz CT molecular complexity index is 374. The fourth-order valence-corrected chi connectivity index (χ4v) is 2.05. The molecule has 0 amide bonds. The first kappa shape index (κ1) is 14.6. The highest BCUT2D eigenvalue weighted by molar-refractivity contribution is 5.34. The molecule has 1 aromatic carbocycles. The summed E-state index contributed by atoms with van der Waals surface area (Å²) in [5.74, 6) is 0.372. The number of hydrogen-bond donors (Lipinski definition) is 2. The maximum atomic E-state index is 10.6. The van der Waals surface area contributed by atoms with E-state index in [4.69, 9.17) is 10.8 Å². The third-order valence-electron chi connectivity index (χ3n) is 3.28. The van der Waals surface area contributed by atoms with E-state index in [0.29, 0.717) is 6.54 Å². The highest BCUT2D eigenvalue weighted by atomic mass is 16.6. The van der Waals surface area contributed by atoms with Gasteiger partial charge in [0.15, 0.2) is 0 Å². The number of nitro benzene ring substituents is 1. The van der Waals surface area contributed by atoms with Crippen molar-refractivity contribution in [3.05, 3.63) is 39.9 Å². The molecule has 0 aliphatic rings. The molecule has 0 spiro atoms. The highest BCUT2D eigenvalue weighted by Crippen LogP contribution is 2.28. The summed E-state index contributed by atoms with van der Waals surface area (Å²) in [5, 5.41) is 19.7. The lowest BCUT2D eigenvalue weighted by Crippen LogP contribution is -2.20. The van der Waals surface area contributed by atoms with Crippen molar-refractivity contribution in [3.63, 3.8) is 0 Å². The summed E-state index contributed by atoms with van der Waals surface area (Å²) in [6, 6.07) is 6.62. The topological polar surface area (TPSA) is 89.4 Å². The van der Waals surface area contributed by atoms with E-state index in [1.54, 1.807) is 12.1 Å². The van der Waals surface area contributed by atoms with Crippen molar-refractivity contribution in [1.29, 1.82) is 0 Å². The van der Waals surface area contributed by atoms with E-state index in [1.807, 2.05) is 0 Å². The van der Waals surface area contributed by atoms with Gasteiger partial charge in [0.25, 0.3) is 5.69 Å². The zero-order valence-corrected chi connectivity index (χ0v) is 10.6. The molecule has 0 saturated heterocycles. The van der Waals surface area contributed by atoms with Gasteiger partial charge in [-0.05, 0) is 36.8 Å². The van der Waals surface area contributed by atoms with Crippen LogP contribution in [-0.2, 0) is 0 Å². The van der Waals surface area contributed by atoms with E-state index in [9.17, 15) is 10.1 Å². The van der Waals surface area contributed by atoms with Gasteiger partial charge < -0.3 is 10.8 Å². The summed E-state index contributed by atoms with van der Waals surface area (Å²) in [6.07, 6.45) is 1.73. The van der Waals surface area contributed by atoms with E-state index in [-0.39, 0.29) is 24.1 Å². The van der Waals surface area contributed by atoms with Crippen LogP contribution in [0.4, 0.5) is 5.69 Å². The first-order chi connectivity index (χ1) is 8.62. The van der Waals surface area contributed by atoms with Gasteiger partial charge >= 0.3 is 0 Å². The zero-order valence-electron chi connectivity index (χ0n) is 10.6. The second-order valence-electron chi connectivity index (χ2n) is 4.47. The van der Waals surface area contributed by atoms with Crippen molar-refractivity contribution in [1.82, 2.24) is 0 Å². The molecule has 1 rings (SSSR count). The Morgan fingerprint density at radius 3 is 2.39 bits per heavy atom. The average Bonchev–Trinajstić information content (AvgIpc) is 2.40. The molecule has 5 heteroatoms. The lowest BCUT2D eigenvalue weighted by atomic mass is 9.87. The molecule has 0 aromatic heterocycles. The van der Waals surface area contributed by atoms with Gasteiger partial charge in [0.05, 0.1) is 4.92 Å². The molecule has 0 fully saturated rings. The number of benzene rings is 1. The van der Waals surface area contributed by atoms with Crippen LogP contribution in [-0.4, -0.2) is 23.2 Å². The van der Waals surface area contributed by atoms with E-state index in [0.717, 1.165) is 18.4 Å². The van der Waals surface area contributed by atoms with Crippen LogP contribution in [0.1, 0.15) is 31.2 Å². The predicted octanol–water partition coefficient (Wildman–Crippen LogP) is 2.05. The van der Waals surface area contributed by atoms with Gasteiger partial charge in [-0.1, -0.05) is 19.1 Å². The van der Waals surface area contributed by atoms with Crippen LogP contribution in [0.3, 0.4) is 0 Å². The number of non-ortho nitro benzene ring substituents is 1. The third kappa shape index (κ3) is 3.78. The van der Waals surface area contributed by atoms with Crippen molar-refractivity contribution < 1.29 is 10.0 Å². The Morgan fingerprint density at radius 2 is 2.00 bits per heavy atom. The summed E-state index contributed by atoms with van der Waals surface area (Å²) in [7, 11) is 0. The molecular weight excluding hydrogens is 232 g/mol. The van der Waals surface area contributed by atoms with Gasteiger partial charge in [-0.15, -0.1) is 0 Å². The van der Waals surface area contributed by atoms with Gasteiger partial charge in [-0.25, -0.2) is 0 Å². The largest absolute Gasteiger partial charge is 0.396 e. The third-order valence-corrected chi connectivity index (χ3v) is 3.28. The van der Waals surface area contributed by atoms with Crippen LogP contribution in [0.25, 0.3) is 0 Å².